The van der Waals surface area contributed by atoms with Crippen molar-refractivity contribution in [1.29, 1.82) is 0 Å². The van der Waals surface area contributed by atoms with E-state index in [1.54, 1.807) is 24.3 Å². The average Bonchev–Trinajstić information content (AvgIpc) is 2.55. The molecule has 2 amide bonds. The number of halogens is 4. The second-order valence-corrected chi connectivity index (χ2v) is 6.01. The second-order valence-electron chi connectivity index (χ2n) is 5.60. The van der Waals surface area contributed by atoms with Crippen molar-refractivity contribution in [2.45, 2.75) is 25.7 Å². The van der Waals surface area contributed by atoms with Crippen LogP contribution in [0.15, 0.2) is 48.5 Å². The fourth-order valence-electron chi connectivity index (χ4n) is 2.38. The highest BCUT2D eigenvalue weighted by atomic mass is 35.5. The Morgan fingerprint density at radius 1 is 1.11 bits per heavy atom. The summed E-state index contributed by atoms with van der Waals surface area (Å²) < 4.78 is 40.2. The highest BCUT2D eigenvalue weighted by molar-refractivity contribution is 6.31. The first kappa shape index (κ1) is 20.6. The summed E-state index contributed by atoms with van der Waals surface area (Å²) in [4.78, 5) is 23.7. The van der Waals surface area contributed by atoms with Crippen molar-refractivity contribution in [2.24, 2.45) is 0 Å². The molecule has 0 aliphatic rings. The summed E-state index contributed by atoms with van der Waals surface area (Å²) in [6, 6.07) is 10.9. The zero-order valence-corrected chi connectivity index (χ0v) is 14.9. The topological polar surface area (TPSA) is 67.4 Å². The van der Waals surface area contributed by atoms with Crippen LogP contribution in [0.4, 0.5) is 18.9 Å². The van der Waals surface area contributed by atoms with E-state index in [-0.39, 0.29) is 18.0 Å². The highest BCUT2D eigenvalue weighted by Gasteiger charge is 2.31. The Hall–Kier alpha value is -2.74. The van der Waals surface area contributed by atoms with Crippen molar-refractivity contribution in [3.8, 4) is 5.75 Å². The molecule has 2 aromatic carbocycles. The van der Waals surface area contributed by atoms with E-state index in [1.165, 1.54) is 19.1 Å². The van der Waals surface area contributed by atoms with Crippen molar-refractivity contribution < 1.29 is 27.5 Å². The molecule has 2 N–H and O–H groups in total. The van der Waals surface area contributed by atoms with Gasteiger partial charge in [-0.25, -0.2) is 0 Å². The van der Waals surface area contributed by atoms with Crippen LogP contribution in [0.5, 0.6) is 5.75 Å². The third-order valence-corrected chi connectivity index (χ3v) is 3.76. The molecule has 2 rings (SSSR count). The van der Waals surface area contributed by atoms with Gasteiger partial charge in [-0.05, 0) is 35.9 Å². The highest BCUT2D eigenvalue weighted by Crippen LogP contribution is 2.27. The molecule has 0 radical (unpaired) electrons. The summed E-state index contributed by atoms with van der Waals surface area (Å²) in [7, 11) is 0. The fraction of sp³-hybridized carbons (Fsp3) is 0.222. The number of ether oxygens (including phenoxy) is 1. The van der Waals surface area contributed by atoms with E-state index >= 15 is 0 Å². The van der Waals surface area contributed by atoms with E-state index in [0.717, 1.165) is 12.1 Å². The number of anilines is 1. The molecule has 9 heteroatoms. The second kappa shape index (κ2) is 8.77. The minimum atomic E-state index is -4.79. The normalized spacial score (nSPS) is 12.2. The molecule has 0 saturated heterocycles. The molecule has 0 saturated carbocycles. The molecule has 0 spiro atoms. The first-order valence-corrected chi connectivity index (χ1v) is 8.19. The van der Waals surface area contributed by atoms with Gasteiger partial charge in [0.15, 0.2) is 0 Å². The minimum absolute atomic E-state index is 0.107. The Morgan fingerprint density at radius 2 is 1.74 bits per heavy atom. The van der Waals surface area contributed by atoms with Crippen LogP contribution >= 0.6 is 11.6 Å². The molecule has 144 valence electrons. The molecule has 5 nitrogen and oxygen atoms in total. The minimum Gasteiger partial charge on any atom is -0.406 e. The molecule has 1 atom stereocenters. The lowest BCUT2D eigenvalue weighted by Gasteiger charge is -2.19. The average molecular weight is 401 g/mol. The van der Waals surface area contributed by atoms with Gasteiger partial charge >= 0.3 is 6.36 Å². The van der Waals surface area contributed by atoms with Crippen LogP contribution < -0.4 is 15.4 Å². The standard InChI is InChI=1S/C18H16ClF3N2O3/c1-11(25)23-16(14-4-2-3-5-15(14)19)10-17(26)24-12-6-8-13(9-7-12)27-18(20,21)22/h2-9,16H,10H2,1H3,(H,23,25)(H,24,26)/t16-/m0/s1. The number of carbonyl (C=O) groups excluding carboxylic acids is 2. The quantitative estimate of drug-likeness (QED) is 0.753. The van der Waals surface area contributed by atoms with Crippen LogP contribution in [0.1, 0.15) is 24.9 Å². The van der Waals surface area contributed by atoms with Crippen LogP contribution in [0.2, 0.25) is 5.02 Å². The molecular formula is C18H16ClF3N2O3. The zero-order chi connectivity index (χ0) is 20.0. The van der Waals surface area contributed by atoms with Gasteiger partial charge in [-0.1, -0.05) is 29.8 Å². The molecule has 0 fully saturated rings. The van der Waals surface area contributed by atoms with Gasteiger partial charge in [-0.2, -0.15) is 0 Å². The van der Waals surface area contributed by atoms with Gasteiger partial charge in [0.05, 0.1) is 12.5 Å². The van der Waals surface area contributed by atoms with Crippen molar-refractivity contribution in [3.63, 3.8) is 0 Å². The van der Waals surface area contributed by atoms with Crippen LogP contribution in [-0.4, -0.2) is 18.2 Å². The predicted octanol–water partition coefficient (Wildman–Crippen LogP) is 4.44. The summed E-state index contributed by atoms with van der Waals surface area (Å²) in [6.45, 7) is 1.32. The maximum Gasteiger partial charge on any atom is 0.573 e. The lowest BCUT2D eigenvalue weighted by molar-refractivity contribution is -0.274. The number of hydrogen-bond acceptors (Lipinski definition) is 3. The van der Waals surface area contributed by atoms with Crippen molar-refractivity contribution in [3.05, 3.63) is 59.1 Å². The third kappa shape index (κ3) is 6.82. The lowest BCUT2D eigenvalue weighted by Crippen LogP contribution is -2.30. The molecule has 0 aliphatic heterocycles. The molecule has 0 aliphatic carbocycles. The van der Waals surface area contributed by atoms with Crippen molar-refractivity contribution in [2.75, 3.05) is 5.32 Å². The van der Waals surface area contributed by atoms with Gasteiger partial charge in [0.25, 0.3) is 0 Å². The first-order chi connectivity index (χ1) is 12.6. The zero-order valence-electron chi connectivity index (χ0n) is 14.1. The summed E-state index contributed by atoms with van der Waals surface area (Å²) in [6.07, 6.45) is -4.89. The lowest BCUT2D eigenvalue weighted by atomic mass is 10.0. The Labute approximate surface area is 158 Å². The van der Waals surface area contributed by atoms with E-state index in [2.05, 4.69) is 15.4 Å². The first-order valence-electron chi connectivity index (χ1n) is 7.81. The van der Waals surface area contributed by atoms with Crippen LogP contribution in [0.3, 0.4) is 0 Å². The number of benzene rings is 2. The third-order valence-electron chi connectivity index (χ3n) is 3.42. The van der Waals surface area contributed by atoms with E-state index in [9.17, 15) is 22.8 Å². The van der Waals surface area contributed by atoms with E-state index in [0.29, 0.717) is 10.6 Å². The number of rotatable bonds is 6. The number of amides is 2. The van der Waals surface area contributed by atoms with Crippen molar-refractivity contribution in [1.82, 2.24) is 5.32 Å². The monoisotopic (exact) mass is 400 g/mol. The maximum atomic E-state index is 12.3. The molecule has 27 heavy (non-hydrogen) atoms. The SMILES string of the molecule is CC(=O)N[C@@H](CC(=O)Nc1ccc(OC(F)(F)F)cc1)c1ccccc1Cl. The van der Waals surface area contributed by atoms with Gasteiger partial charge in [-0.3, -0.25) is 9.59 Å². The summed E-state index contributed by atoms with van der Waals surface area (Å²) in [5, 5.41) is 5.61. The number of hydrogen-bond donors (Lipinski definition) is 2. The Bertz CT molecular complexity index is 810. The molecule has 0 bridgehead atoms. The molecule has 2 aromatic rings. The molecule has 0 heterocycles. The van der Waals surface area contributed by atoms with E-state index < -0.39 is 24.1 Å². The number of alkyl halides is 3. The summed E-state index contributed by atoms with van der Waals surface area (Å²) in [5.74, 6) is -1.17. The Balaban J connectivity index is 2.05. The Kier molecular flexibility index (Phi) is 6.68. The smallest absolute Gasteiger partial charge is 0.406 e. The molecule has 0 aromatic heterocycles. The van der Waals surface area contributed by atoms with Crippen LogP contribution in [0.25, 0.3) is 0 Å². The fourth-order valence-corrected chi connectivity index (χ4v) is 2.65. The van der Waals surface area contributed by atoms with Gasteiger partial charge < -0.3 is 15.4 Å². The summed E-state index contributed by atoms with van der Waals surface area (Å²) >= 11 is 6.13. The van der Waals surface area contributed by atoms with E-state index in [4.69, 9.17) is 11.6 Å². The maximum absolute atomic E-state index is 12.3. The van der Waals surface area contributed by atoms with E-state index in [1.807, 2.05) is 0 Å². The molecule has 0 unspecified atom stereocenters. The van der Waals surface area contributed by atoms with Gasteiger partial charge in [0.1, 0.15) is 5.75 Å². The summed E-state index contributed by atoms with van der Waals surface area (Å²) in [5.41, 5.74) is 0.869. The van der Waals surface area contributed by atoms with Crippen LogP contribution in [-0.2, 0) is 9.59 Å². The largest absolute Gasteiger partial charge is 0.573 e. The number of carbonyl (C=O) groups is 2. The van der Waals surface area contributed by atoms with Crippen molar-refractivity contribution >= 4 is 29.1 Å². The predicted molar refractivity (Wildman–Crippen MR) is 94.4 cm³/mol. The van der Waals surface area contributed by atoms with Gasteiger partial charge in [0, 0.05) is 17.6 Å². The number of nitrogens with one attached hydrogen (secondary N) is 2. The van der Waals surface area contributed by atoms with Gasteiger partial charge in [-0.15, -0.1) is 13.2 Å². The van der Waals surface area contributed by atoms with Gasteiger partial charge in [0.2, 0.25) is 11.8 Å². The molecular weight excluding hydrogens is 385 g/mol. The Morgan fingerprint density at radius 3 is 2.30 bits per heavy atom. The van der Waals surface area contributed by atoms with Crippen LogP contribution in [0, 0.1) is 0 Å².